The SMILES string of the molecule is CCn1cc(COc2c(N)cc(Cl)cc2Br)cn1. The highest BCUT2D eigenvalue weighted by atomic mass is 79.9. The molecule has 0 spiro atoms. The Hall–Kier alpha value is -1.20. The molecule has 0 aliphatic rings. The molecule has 2 N–H and O–H groups in total. The molecular formula is C12H13BrClN3O. The van der Waals surface area contributed by atoms with Crippen molar-refractivity contribution in [3.8, 4) is 5.75 Å². The van der Waals surface area contributed by atoms with Crippen LogP contribution in [0.3, 0.4) is 0 Å². The fourth-order valence-electron chi connectivity index (χ4n) is 1.54. The molecule has 0 aliphatic carbocycles. The van der Waals surface area contributed by atoms with Gasteiger partial charge in [-0.15, -0.1) is 0 Å². The summed E-state index contributed by atoms with van der Waals surface area (Å²) in [6.45, 7) is 3.29. The number of hydrogen-bond donors (Lipinski definition) is 1. The molecule has 0 aliphatic heterocycles. The first-order valence-corrected chi connectivity index (χ1v) is 6.66. The van der Waals surface area contributed by atoms with E-state index in [4.69, 9.17) is 22.1 Å². The number of nitrogen functional groups attached to an aromatic ring is 1. The lowest BCUT2D eigenvalue weighted by Gasteiger charge is -2.10. The predicted octanol–water partition coefficient (Wildman–Crippen LogP) is 3.48. The fraction of sp³-hybridized carbons (Fsp3) is 0.250. The lowest BCUT2D eigenvalue weighted by molar-refractivity contribution is 0.306. The second kappa shape index (κ2) is 5.63. The third kappa shape index (κ3) is 2.97. The Labute approximate surface area is 119 Å². The second-order valence-corrected chi connectivity index (χ2v) is 5.09. The molecule has 0 fully saturated rings. The molecule has 0 unspecified atom stereocenters. The van der Waals surface area contributed by atoms with Crippen LogP contribution in [-0.4, -0.2) is 9.78 Å². The molecule has 1 heterocycles. The van der Waals surface area contributed by atoms with E-state index in [9.17, 15) is 0 Å². The molecule has 0 bridgehead atoms. The van der Waals surface area contributed by atoms with Gasteiger partial charge in [-0.25, -0.2) is 0 Å². The normalized spacial score (nSPS) is 10.6. The minimum Gasteiger partial charge on any atom is -0.485 e. The van der Waals surface area contributed by atoms with E-state index in [0.29, 0.717) is 23.1 Å². The summed E-state index contributed by atoms with van der Waals surface area (Å²) >= 11 is 9.26. The van der Waals surface area contributed by atoms with Gasteiger partial charge in [-0.1, -0.05) is 11.6 Å². The monoisotopic (exact) mass is 329 g/mol. The van der Waals surface area contributed by atoms with Crippen molar-refractivity contribution in [3.63, 3.8) is 0 Å². The van der Waals surface area contributed by atoms with Crippen LogP contribution in [0.2, 0.25) is 5.02 Å². The van der Waals surface area contributed by atoms with Crippen molar-refractivity contribution in [2.45, 2.75) is 20.1 Å². The Kier molecular flexibility index (Phi) is 4.14. The molecule has 0 radical (unpaired) electrons. The van der Waals surface area contributed by atoms with Crippen LogP contribution in [0.5, 0.6) is 5.75 Å². The molecule has 4 nitrogen and oxygen atoms in total. The number of nitrogens with two attached hydrogens (primary N) is 1. The summed E-state index contributed by atoms with van der Waals surface area (Å²) in [5, 5.41) is 4.75. The average Bonchev–Trinajstić information content (AvgIpc) is 2.75. The summed E-state index contributed by atoms with van der Waals surface area (Å²) in [6, 6.07) is 3.42. The van der Waals surface area contributed by atoms with Crippen molar-refractivity contribution >= 4 is 33.2 Å². The van der Waals surface area contributed by atoms with Crippen molar-refractivity contribution in [1.82, 2.24) is 9.78 Å². The minimum atomic E-state index is 0.421. The molecule has 18 heavy (non-hydrogen) atoms. The number of anilines is 1. The van der Waals surface area contributed by atoms with Crippen LogP contribution in [0, 0.1) is 0 Å². The summed E-state index contributed by atoms with van der Waals surface area (Å²) in [6.07, 6.45) is 3.73. The standard InChI is InChI=1S/C12H13BrClN3O/c1-2-17-6-8(5-16-17)7-18-12-10(13)3-9(14)4-11(12)15/h3-6H,2,7,15H2,1H3. The van der Waals surface area contributed by atoms with Gasteiger partial charge in [-0.05, 0) is 35.0 Å². The molecule has 2 rings (SSSR count). The number of benzene rings is 1. The molecular weight excluding hydrogens is 318 g/mol. The summed E-state index contributed by atoms with van der Waals surface area (Å²) in [4.78, 5) is 0. The van der Waals surface area contributed by atoms with E-state index in [1.54, 1.807) is 18.3 Å². The van der Waals surface area contributed by atoms with E-state index in [-0.39, 0.29) is 0 Å². The first-order chi connectivity index (χ1) is 8.60. The minimum absolute atomic E-state index is 0.421. The fourth-order valence-corrected chi connectivity index (χ4v) is 2.49. The maximum atomic E-state index is 5.88. The zero-order valence-electron chi connectivity index (χ0n) is 9.86. The number of ether oxygens (including phenoxy) is 1. The van der Waals surface area contributed by atoms with Gasteiger partial charge in [-0.3, -0.25) is 4.68 Å². The first kappa shape index (κ1) is 13.2. The summed E-state index contributed by atoms with van der Waals surface area (Å²) in [5.74, 6) is 0.601. The maximum absolute atomic E-state index is 5.88. The Morgan fingerprint density at radius 1 is 1.50 bits per heavy atom. The molecule has 2 aromatic rings. The first-order valence-electron chi connectivity index (χ1n) is 5.48. The highest BCUT2D eigenvalue weighted by Gasteiger charge is 2.08. The molecule has 6 heteroatoms. The summed E-state index contributed by atoms with van der Waals surface area (Å²) in [5.41, 5.74) is 7.37. The van der Waals surface area contributed by atoms with Crippen molar-refractivity contribution in [3.05, 3.63) is 39.6 Å². The highest BCUT2D eigenvalue weighted by Crippen LogP contribution is 2.35. The van der Waals surface area contributed by atoms with Crippen LogP contribution in [0.25, 0.3) is 0 Å². The lowest BCUT2D eigenvalue weighted by Crippen LogP contribution is -1.99. The van der Waals surface area contributed by atoms with E-state index < -0.39 is 0 Å². The van der Waals surface area contributed by atoms with Gasteiger partial charge >= 0.3 is 0 Å². The van der Waals surface area contributed by atoms with Crippen molar-refractivity contribution < 1.29 is 4.74 Å². The van der Waals surface area contributed by atoms with Gasteiger partial charge in [0.05, 0.1) is 16.4 Å². The van der Waals surface area contributed by atoms with Gasteiger partial charge in [0.1, 0.15) is 6.61 Å². The molecule has 0 saturated carbocycles. The van der Waals surface area contributed by atoms with E-state index in [2.05, 4.69) is 21.0 Å². The average molecular weight is 331 g/mol. The van der Waals surface area contributed by atoms with Gasteiger partial charge in [0.15, 0.2) is 5.75 Å². The Morgan fingerprint density at radius 3 is 2.89 bits per heavy atom. The number of hydrogen-bond acceptors (Lipinski definition) is 3. The van der Waals surface area contributed by atoms with Crippen molar-refractivity contribution in [2.75, 3.05) is 5.73 Å². The van der Waals surface area contributed by atoms with Crippen LogP contribution >= 0.6 is 27.5 Å². The maximum Gasteiger partial charge on any atom is 0.156 e. The lowest BCUT2D eigenvalue weighted by atomic mass is 10.3. The molecule has 0 atom stereocenters. The molecule has 0 saturated heterocycles. The Bertz CT molecular complexity index is 533. The van der Waals surface area contributed by atoms with Gasteiger partial charge < -0.3 is 10.5 Å². The van der Waals surface area contributed by atoms with Crippen LogP contribution in [0.4, 0.5) is 5.69 Å². The Balaban J connectivity index is 2.10. The predicted molar refractivity (Wildman–Crippen MR) is 75.8 cm³/mol. The number of aromatic nitrogens is 2. The van der Waals surface area contributed by atoms with Gasteiger partial charge in [0.2, 0.25) is 0 Å². The number of nitrogens with zero attached hydrogens (tertiary/aromatic N) is 2. The van der Waals surface area contributed by atoms with Crippen LogP contribution in [0.1, 0.15) is 12.5 Å². The zero-order chi connectivity index (χ0) is 13.1. The molecule has 1 aromatic carbocycles. The van der Waals surface area contributed by atoms with E-state index in [0.717, 1.165) is 16.6 Å². The zero-order valence-corrected chi connectivity index (χ0v) is 12.2. The van der Waals surface area contributed by atoms with Crippen LogP contribution < -0.4 is 10.5 Å². The molecule has 96 valence electrons. The number of rotatable bonds is 4. The van der Waals surface area contributed by atoms with Crippen LogP contribution in [0.15, 0.2) is 29.0 Å². The number of halogens is 2. The largest absolute Gasteiger partial charge is 0.485 e. The van der Waals surface area contributed by atoms with Crippen molar-refractivity contribution in [1.29, 1.82) is 0 Å². The van der Waals surface area contributed by atoms with Gasteiger partial charge in [0.25, 0.3) is 0 Å². The number of aryl methyl sites for hydroxylation is 1. The second-order valence-electron chi connectivity index (χ2n) is 3.80. The van der Waals surface area contributed by atoms with Gasteiger partial charge in [-0.2, -0.15) is 5.10 Å². The van der Waals surface area contributed by atoms with E-state index >= 15 is 0 Å². The smallest absolute Gasteiger partial charge is 0.156 e. The van der Waals surface area contributed by atoms with Gasteiger partial charge in [0, 0.05) is 23.3 Å². The quantitative estimate of drug-likeness (QED) is 0.873. The van der Waals surface area contributed by atoms with E-state index in [1.807, 2.05) is 17.8 Å². The summed E-state index contributed by atoms with van der Waals surface area (Å²) < 4.78 is 8.27. The highest BCUT2D eigenvalue weighted by molar-refractivity contribution is 9.10. The third-order valence-corrected chi connectivity index (χ3v) is 3.24. The van der Waals surface area contributed by atoms with Crippen molar-refractivity contribution in [2.24, 2.45) is 0 Å². The summed E-state index contributed by atoms with van der Waals surface area (Å²) in [7, 11) is 0. The van der Waals surface area contributed by atoms with Crippen LogP contribution in [-0.2, 0) is 13.2 Å². The van der Waals surface area contributed by atoms with E-state index in [1.165, 1.54) is 0 Å². The Morgan fingerprint density at radius 2 is 2.28 bits per heavy atom. The third-order valence-electron chi connectivity index (χ3n) is 2.43. The topological polar surface area (TPSA) is 53.1 Å². The molecule has 1 aromatic heterocycles. The molecule has 0 amide bonds.